The number of carbonyl (C=O) groups excluding carboxylic acids is 2. The number of fused-ring (bicyclic) bond motifs is 1. The maximum Gasteiger partial charge on any atom is 0.334 e. The monoisotopic (exact) mass is 334 g/mol. The Bertz CT molecular complexity index is 585. The fourth-order valence-corrected chi connectivity index (χ4v) is 3.01. The second-order valence-corrected chi connectivity index (χ2v) is 6.87. The van der Waals surface area contributed by atoms with Crippen molar-refractivity contribution in [1.82, 2.24) is 0 Å². The fourth-order valence-electron chi connectivity index (χ4n) is 3.01. The predicted molar refractivity (Wildman–Crippen MR) is 90.0 cm³/mol. The molecule has 1 N–H and O–H groups in total. The highest BCUT2D eigenvalue weighted by molar-refractivity contribution is 5.91. The molecule has 0 spiro atoms. The van der Waals surface area contributed by atoms with E-state index < -0.39 is 24.1 Å². The van der Waals surface area contributed by atoms with Crippen LogP contribution >= 0.6 is 0 Å². The molecule has 5 heteroatoms. The van der Waals surface area contributed by atoms with E-state index >= 15 is 0 Å². The molecule has 132 valence electrons. The van der Waals surface area contributed by atoms with Gasteiger partial charge >= 0.3 is 11.9 Å². The molecular weight excluding hydrogens is 308 g/mol. The minimum absolute atomic E-state index is 0.184. The normalized spacial score (nSPS) is 32.3. The molecule has 0 amide bonds. The molecule has 1 heterocycles. The molecule has 1 aliphatic carbocycles. The number of allylic oxidation sites excluding steroid dienone is 2. The van der Waals surface area contributed by atoms with Crippen molar-refractivity contribution in [1.29, 1.82) is 0 Å². The number of esters is 2. The smallest absolute Gasteiger partial charge is 0.334 e. The van der Waals surface area contributed by atoms with Crippen molar-refractivity contribution in [2.45, 2.75) is 52.2 Å². The van der Waals surface area contributed by atoms with E-state index in [1.807, 2.05) is 13.0 Å². The third-order valence-electron chi connectivity index (χ3n) is 4.45. The molecule has 0 aromatic heterocycles. The van der Waals surface area contributed by atoms with E-state index in [4.69, 9.17) is 9.47 Å². The average Bonchev–Trinajstić information content (AvgIpc) is 2.78. The molecule has 1 aliphatic heterocycles. The van der Waals surface area contributed by atoms with Crippen LogP contribution in [-0.2, 0) is 19.1 Å². The maximum absolute atomic E-state index is 11.9. The van der Waals surface area contributed by atoms with Crippen molar-refractivity contribution in [3.8, 4) is 0 Å². The lowest BCUT2D eigenvalue weighted by atomic mass is 9.85. The molecule has 0 aromatic rings. The Hall–Kier alpha value is -1.88. The van der Waals surface area contributed by atoms with Gasteiger partial charge in [-0.25, -0.2) is 4.79 Å². The highest BCUT2D eigenvalue weighted by atomic mass is 16.6. The summed E-state index contributed by atoms with van der Waals surface area (Å²) in [5.41, 5.74) is 2.25. The van der Waals surface area contributed by atoms with E-state index in [0.717, 1.165) is 24.0 Å². The molecular formula is C19H26O5. The molecule has 1 fully saturated rings. The summed E-state index contributed by atoms with van der Waals surface area (Å²) in [5.74, 6) is -1.37. The van der Waals surface area contributed by atoms with Gasteiger partial charge in [0.05, 0.1) is 17.9 Å². The first kappa shape index (κ1) is 18.5. The molecule has 24 heavy (non-hydrogen) atoms. The van der Waals surface area contributed by atoms with E-state index in [2.05, 4.69) is 6.58 Å². The summed E-state index contributed by atoms with van der Waals surface area (Å²) < 4.78 is 10.7. The number of aliphatic hydroxyl groups excluding tert-OH is 1. The Morgan fingerprint density at radius 1 is 1.50 bits per heavy atom. The second kappa shape index (κ2) is 7.79. The Morgan fingerprint density at radius 3 is 2.88 bits per heavy atom. The summed E-state index contributed by atoms with van der Waals surface area (Å²) in [6.07, 6.45) is 4.56. The van der Waals surface area contributed by atoms with Gasteiger partial charge in [-0.1, -0.05) is 38.2 Å². The lowest BCUT2D eigenvalue weighted by Gasteiger charge is -2.24. The maximum atomic E-state index is 11.9. The molecule has 0 unspecified atom stereocenters. The van der Waals surface area contributed by atoms with Crippen molar-refractivity contribution in [2.24, 2.45) is 11.8 Å². The van der Waals surface area contributed by atoms with Crippen molar-refractivity contribution in [3.05, 3.63) is 35.5 Å². The van der Waals surface area contributed by atoms with Crippen LogP contribution in [0, 0.1) is 11.8 Å². The second-order valence-electron chi connectivity index (χ2n) is 6.87. The molecule has 5 nitrogen and oxygen atoms in total. The summed E-state index contributed by atoms with van der Waals surface area (Å²) >= 11 is 0. The van der Waals surface area contributed by atoms with E-state index in [9.17, 15) is 14.7 Å². The first-order valence-corrected chi connectivity index (χ1v) is 8.39. The number of hydrogen-bond donors (Lipinski definition) is 1. The van der Waals surface area contributed by atoms with Crippen molar-refractivity contribution in [3.63, 3.8) is 0 Å². The highest BCUT2D eigenvalue weighted by Crippen LogP contribution is 2.35. The van der Waals surface area contributed by atoms with Gasteiger partial charge in [-0.3, -0.25) is 4.79 Å². The fraction of sp³-hybridized carbons (Fsp3) is 0.579. The number of carbonyl (C=O) groups is 2. The van der Waals surface area contributed by atoms with Crippen LogP contribution in [0.5, 0.6) is 0 Å². The lowest BCUT2D eigenvalue weighted by molar-refractivity contribution is -0.147. The van der Waals surface area contributed by atoms with Crippen LogP contribution < -0.4 is 0 Å². The number of ether oxygens (including phenoxy) is 2. The van der Waals surface area contributed by atoms with Gasteiger partial charge in [0, 0.05) is 12.0 Å². The Balaban J connectivity index is 2.19. The topological polar surface area (TPSA) is 72.8 Å². The van der Waals surface area contributed by atoms with E-state index in [1.165, 1.54) is 0 Å². The van der Waals surface area contributed by atoms with Crippen LogP contribution in [0.2, 0.25) is 0 Å². The summed E-state index contributed by atoms with van der Waals surface area (Å²) in [4.78, 5) is 23.6. The molecule has 1 saturated heterocycles. The zero-order chi connectivity index (χ0) is 17.9. The van der Waals surface area contributed by atoms with Crippen LogP contribution in [0.3, 0.4) is 0 Å². The first-order chi connectivity index (χ1) is 11.3. The first-order valence-electron chi connectivity index (χ1n) is 8.39. The highest BCUT2D eigenvalue weighted by Gasteiger charge is 2.42. The van der Waals surface area contributed by atoms with Gasteiger partial charge in [0.1, 0.15) is 12.7 Å². The van der Waals surface area contributed by atoms with Crippen LogP contribution in [-0.4, -0.2) is 35.9 Å². The van der Waals surface area contributed by atoms with Crippen LogP contribution in [0.25, 0.3) is 0 Å². The summed E-state index contributed by atoms with van der Waals surface area (Å²) in [6, 6.07) is 0. The van der Waals surface area contributed by atoms with Gasteiger partial charge in [-0.05, 0) is 25.3 Å². The summed E-state index contributed by atoms with van der Waals surface area (Å²) in [7, 11) is 0. The van der Waals surface area contributed by atoms with Crippen molar-refractivity contribution in [2.75, 3.05) is 6.61 Å². The SMILES string of the molecule is C=C1C(=O)O[C@@H]2C/C(COC(=O)C(C)C)=C\CC/C(C)=C/[C@H](O)[C@@H]12. The third-order valence-corrected chi connectivity index (χ3v) is 4.45. The molecule has 0 saturated carbocycles. The molecule has 2 rings (SSSR count). The number of rotatable bonds is 3. The van der Waals surface area contributed by atoms with Gasteiger partial charge in [-0.2, -0.15) is 0 Å². The Labute approximate surface area is 143 Å². The largest absolute Gasteiger partial charge is 0.461 e. The minimum Gasteiger partial charge on any atom is -0.461 e. The lowest BCUT2D eigenvalue weighted by Crippen LogP contribution is -2.29. The van der Waals surface area contributed by atoms with Gasteiger partial charge in [-0.15, -0.1) is 0 Å². The van der Waals surface area contributed by atoms with Gasteiger partial charge in [0.25, 0.3) is 0 Å². The van der Waals surface area contributed by atoms with Crippen LogP contribution in [0.15, 0.2) is 35.5 Å². The van der Waals surface area contributed by atoms with E-state index in [1.54, 1.807) is 19.9 Å². The third kappa shape index (κ3) is 4.35. The quantitative estimate of drug-likeness (QED) is 0.488. The van der Waals surface area contributed by atoms with Crippen LogP contribution in [0.4, 0.5) is 0 Å². The van der Waals surface area contributed by atoms with Gasteiger partial charge in [0.15, 0.2) is 0 Å². The number of aliphatic hydroxyl groups is 1. The van der Waals surface area contributed by atoms with E-state index in [0.29, 0.717) is 12.0 Å². The Morgan fingerprint density at radius 2 is 2.21 bits per heavy atom. The zero-order valence-electron chi connectivity index (χ0n) is 14.6. The van der Waals surface area contributed by atoms with Gasteiger partial charge < -0.3 is 14.6 Å². The Kier molecular flexibility index (Phi) is 5.99. The predicted octanol–water partition coefficient (Wildman–Crippen LogP) is 2.70. The molecule has 0 radical (unpaired) electrons. The van der Waals surface area contributed by atoms with Crippen molar-refractivity contribution < 1.29 is 24.2 Å². The van der Waals surface area contributed by atoms with Gasteiger partial charge in [0.2, 0.25) is 0 Å². The molecule has 0 aromatic carbocycles. The minimum atomic E-state index is -0.800. The van der Waals surface area contributed by atoms with E-state index in [-0.39, 0.29) is 18.5 Å². The molecule has 0 bridgehead atoms. The van der Waals surface area contributed by atoms with Crippen molar-refractivity contribution >= 4 is 11.9 Å². The summed E-state index contributed by atoms with van der Waals surface area (Å²) in [6.45, 7) is 9.48. The standard InChI is InChI=1S/C19H26O5/c1-11(2)18(21)23-10-14-7-5-6-12(3)8-15(20)17-13(4)19(22)24-16(17)9-14/h7-8,11,15-17,20H,4-6,9-10H2,1-3H3/b12-8+,14-7+/t15-,16+,17+/m0/s1. The number of hydrogen-bond acceptors (Lipinski definition) is 5. The molecule has 2 aliphatic rings. The average molecular weight is 334 g/mol. The summed E-state index contributed by atoms with van der Waals surface area (Å²) in [5, 5.41) is 10.5. The van der Waals surface area contributed by atoms with Crippen LogP contribution in [0.1, 0.15) is 40.0 Å². The molecule has 3 atom stereocenters. The zero-order valence-corrected chi connectivity index (χ0v) is 14.6.